The quantitative estimate of drug-likeness (QED) is 0.200. The number of nitrogens with one attached hydrogen (secondary N) is 2. The van der Waals surface area contributed by atoms with Gasteiger partial charge in [-0.1, -0.05) is 70.2 Å². The van der Waals surface area contributed by atoms with E-state index in [1.165, 1.54) is 16.4 Å². The molecule has 3 aromatic rings. The lowest BCUT2D eigenvalue weighted by Gasteiger charge is -2.13. The highest BCUT2D eigenvalue weighted by molar-refractivity contribution is 9.10. The molecule has 0 aliphatic carbocycles. The molecule has 1 unspecified atom stereocenters. The van der Waals surface area contributed by atoms with Gasteiger partial charge in [0.2, 0.25) is 11.1 Å². The predicted molar refractivity (Wildman–Crippen MR) is 119 cm³/mol. The fourth-order valence-corrected chi connectivity index (χ4v) is 3.34. The summed E-state index contributed by atoms with van der Waals surface area (Å²) in [6, 6.07) is 17.4. The maximum atomic E-state index is 12.2. The summed E-state index contributed by atoms with van der Waals surface area (Å²) in [5.74, 6) is 6.32. The first kappa shape index (κ1) is 20.9. The molecule has 0 saturated heterocycles. The molecule has 2 aromatic carbocycles. The first-order valence-corrected chi connectivity index (χ1v) is 10.5. The zero-order valence-corrected chi connectivity index (χ0v) is 18.0. The Labute approximate surface area is 181 Å². The third-order valence-corrected chi connectivity index (χ3v) is 5.39. The monoisotopic (exact) mass is 473 g/mol. The Morgan fingerprint density at radius 2 is 1.97 bits per heavy atom. The highest BCUT2D eigenvalue weighted by atomic mass is 79.9. The van der Waals surface area contributed by atoms with Crippen molar-refractivity contribution in [3.63, 3.8) is 0 Å². The van der Waals surface area contributed by atoms with E-state index in [-0.39, 0.29) is 23.7 Å². The Morgan fingerprint density at radius 1 is 1.24 bits per heavy atom. The molecule has 8 nitrogen and oxygen atoms in total. The summed E-state index contributed by atoms with van der Waals surface area (Å²) in [5, 5.41) is 15.4. The number of nitrogens with two attached hydrogens (primary N) is 1. The number of hydrogen-bond acceptors (Lipinski definition) is 7. The fraction of sp³-hybridized carbons (Fsp3) is 0.158. The Hall–Kier alpha value is -2.85. The largest absolute Gasteiger partial charge is 0.349 e. The van der Waals surface area contributed by atoms with E-state index in [2.05, 4.69) is 42.0 Å². The van der Waals surface area contributed by atoms with Crippen LogP contribution in [-0.4, -0.2) is 32.7 Å². The number of rotatable bonds is 8. The smallest absolute Gasteiger partial charge is 0.264 e. The lowest BCUT2D eigenvalue weighted by atomic mass is 10.1. The number of nitrogens with zero attached hydrogens (tertiary/aromatic N) is 4. The van der Waals surface area contributed by atoms with Gasteiger partial charge in [-0.3, -0.25) is 4.79 Å². The van der Waals surface area contributed by atoms with Crippen molar-refractivity contribution in [3.05, 3.63) is 70.2 Å². The topological polar surface area (TPSA) is 110 Å². The van der Waals surface area contributed by atoms with Crippen LogP contribution in [0.3, 0.4) is 0 Å². The van der Waals surface area contributed by atoms with Gasteiger partial charge in [0.25, 0.3) is 5.95 Å². The van der Waals surface area contributed by atoms with Crippen LogP contribution in [0.25, 0.3) is 0 Å². The highest BCUT2D eigenvalue weighted by Crippen LogP contribution is 2.17. The van der Waals surface area contributed by atoms with E-state index in [0.717, 1.165) is 15.6 Å². The SMILES string of the molecule is CC(NC(=O)CSc1nnc(N/N=C/c2ccc(Br)cc2)n1N)c1ccccc1. The number of thioether (sulfide) groups is 1. The Bertz CT molecular complexity index is 976. The van der Waals surface area contributed by atoms with E-state index in [9.17, 15) is 4.79 Å². The molecule has 0 spiro atoms. The molecule has 29 heavy (non-hydrogen) atoms. The molecule has 150 valence electrons. The number of nitrogen functional groups attached to an aromatic ring is 1. The first-order chi connectivity index (χ1) is 14.0. The van der Waals surface area contributed by atoms with Crippen LogP contribution in [0.4, 0.5) is 5.95 Å². The second kappa shape index (κ2) is 10.1. The van der Waals surface area contributed by atoms with Crippen molar-refractivity contribution in [1.82, 2.24) is 20.2 Å². The summed E-state index contributed by atoms with van der Waals surface area (Å²) in [6.07, 6.45) is 1.65. The molecular formula is C19H20BrN7OS. The zero-order valence-electron chi connectivity index (χ0n) is 15.6. The number of hydrogen-bond donors (Lipinski definition) is 3. The van der Waals surface area contributed by atoms with Gasteiger partial charge in [0.05, 0.1) is 18.0 Å². The summed E-state index contributed by atoms with van der Waals surface area (Å²) >= 11 is 4.58. The van der Waals surface area contributed by atoms with Gasteiger partial charge >= 0.3 is 0 Å². The van der Waals surface area contributed by atoms with Crippen LogP contribution < -0.4 is 16.6 Å². The summed E-state index contributed by atoms with van der Waals surface area (Å²) in [7, 11) is 0. The number of carbonyl (C=O) groups is 1. The number of amides is 1. The maximum absolute atomic E-state index is 12.2. The zero-order chi connectivity index (χ0) is 20.6. The molecule has 1 atom stereocenters. The molecule has 0 bridgehead atoms. The molecule has 0 radical (unpaired) electrons. The Kier molecular flexibility index (Phi) is 7.25. The van der Waals surface area contributed by atoms with Crippen molar-refractivity contribution in [2.45, 2.75) is 18.1 Å². The number of aromatic nitrogens is 3. The van der Waals surface area contributed by atoms with Crippen LogP contribution in [0, 0.1) is 0 Å². The molecule has 3 rings (SSSR count). The molecular weight excluding hydrogens is 454 g/mol. The molecule has 0 aliphatic rings. The van der Waals surface area contributed by atoms with E-state index in [1.807, 2.05) is 61.5 Å². The molecule has 0 fully saturated rings. The van der Waals surface area contributed by atoms with Gasteiger partial charge in [-0.25, -0.2) is 10.1 Å². The van der Waals surface area contributed by atoms with Gasteiger partial charge in [-0.15, -0.1) is 10.2 Å². The van der Waals surface area contributed by atoms with Crippen molar-refractivity contribution in [1.29, 1.82) is 0 Å². The number of anilines is 1. The average molecular weight is 474 g/mol. The first-order valence-electron chi connectivity index (χ1n) is 8.75. The molecule has 4 N–H and O–H groups in total. The van der Waals surface area contributed by atoms with Gasteiger partial charge < -0.3 is 11.2 Å². The minimum absolute atomic E-state index is 0.0785. The highest BCUT2D eigenvalue weighted by Gasteiger charge is 2.14. The number of carbonyl (C=O) groups excluding carboxylic acids is 1. The summed E-state index contributed by atoms with van der Waals surface area (Å²) < 4.78 is 2.26. The van der Waals surface area contributed by atoms with E-state index >= 15 is 0 Å². The van der Waals surface area contributed by atoms with Crippen LogP contribution in [-0.2, 0) is 4.79 Å². The number of halogens is 1. The lowest BCUT2D eigenvalue weighted by molar-refractivity contribution is -0.119. The van der Waals surface area contributed by atoms with Gasteiger partial charge in [-0.2, -0.15) is 5.10 Å². The Morgan fingerprint density at radius 3 is 2.69 bits per heavy atom. The second-order valence-electron chi connectivity index (χ2n) is 6.09. The molecule has 1 heterocycles. The van der Waals surface area contributed by atoms with Crippen molar-refractivity contribution >= 4 is 45.8 Å². The normalized spacial score (nSPS) is 12.1. The van der Waals surface area contributed by atoms with Crippen LogP contribution >= 0.6 is 27.7 Å². The third-order valence-electron chi connectivity index (χ3n) is 3.92. The molecule has 1 amide bonds. The predicted octanol–water partition coefficient (Wildman–Crippen LogP) is 3.17. The van der Waals surface area contributed by atoms with Gasteiger partial charge in [0.1, 0.15) is 0 Å². The molecule has 0 saturated carbocycles. The molecule has 10 heteroatoms. The van der Waals surface area contributed by atoms with E-state index in [1.54, 1.807) is 6.21 Å². The van der Waals surface area contributed by atoms with E-state index in [4.69, 9.17) is 5.84 Å². The fourth-order valence-electron chi connectivity index (χ4n) is 2.40. The summed E-state index contributed by atoms with van der Waals surface area (Å²) in [6.45, 7) is 1.94. The lowest BCUT2D eigenvalue weighted by Crippen LogP contribution is -2.28. The van der Waals surface area contributed by atoms with Crippen LogP contribution in [0.15, 0.2) is 69.3 Å². The average Bonchev–Trinajstić information content (AvgIpc) is 3.08. The standard InChI is InChI=1S/C19H20BrN7OS/c1-13(15-5-3-2-4-6-15)23-17(28)12-29-19-26-25-18(27(19)21)24-22-11-14-7-9-16(20)10-8-14/h2-11,13H,12,21H2,1H3,(H,23,28)(H,24,25)/b22-11+. The van der Waals surface area contributed by atoms with E-state index in [0.29, 0.717) is 5.16 Å². The van der Waals surface area contributed by atoms with Gasteiger partial charge in [0, 0.05) is 4.47 Å². The van der Waals surface area contributed by atoms with Crippen LogP contribution in [0.5, 0.6) is 0 Å². The second-order valence-corrected chi connectivity index (χ2v) is 7.94. The molecule has 0 aliphatic heterocycles. The van der Waals surface area contributed by atoms with Crippen molar-refractivity contribution in [2.75, 3.05) is 17.0 Å². The van der Waals surface area contributed by atoms with Crippen molar-refractivity contribution < 1.29 is 4.79 Å². The van der Waals surface area contributed by atoms with Crippen LogP contribution in [0.2, 0.25) is 0 Å². The maximum Gasteiger partial charge on any atom is 0.264 e. The van der Waals surface area contributed by atoms with Crippen molar-refractivity contribution in [3.8, 4) is 0 Å². The van der Waals surface area contributed by atoms with Gasteiger partial charge in [0.15, 0.2) is 0 Å². The summed E-state index contributed by atoms with van der Waals surface area (Å²) in [5.41, 5.74) is 4.71. The number of benzene rings is 2. The van der Waals surface area contributed by atoms with E-state index < -0.39 is 0 Å². The van der Waals surface area contributed by atoms with Crippen molar-refractivity contribution in [2.24, 2.45) is 5.10 Å². The number of hydrazone groups is 1. The van der Waals surface area contributed by atoms with Gasteiger partial charge in [-0.05, 0) is 30.2 Å². The minimum Gasteiger partial charge on any atom is -0.349 e. The minimum atomic E-state index is -0.114. The molecule has 1 aromatic heterocycles. The van der Waals surface area contributed by atoms with Crippen LogP contribution in [0.1, 0.15) is 24.1 Å². The third kappa shape index (κ3) is 6.06. The summed E-state index contributed by atoms with van der Waals surface area (Å²) in [4.78, 5) is 12.2. The Balaban J connectivity index is 1.50.